The van der Waals surface area contributed by atoms with E-state index in [1.165, 1.54) is 5.56 Å². The minimum absolute atomic E-state index is 0.583. The van der Waals surface area contributed by atoms with Crippen molar-refractivity contribution in [2.75, 3.05) is 5.73 Å². The molecule has 2 heterocycles. The first-order chi connectivity index (χ1) is 9.72. The lowest BCUT2D eigenvalue weighted by Crippen LogP contribution is -1.89. The van der Waals surface area contributed by atoms with Crippen molar-refractivity contribution in [1.82, 2.24) is 10.1 Å². The van der Waals surface area contributed by atoms with E-state index >= 15 is 0 Å². The summed E-state index contributed by atoms with van der Waals surface area (Å²) in [6.07, 6.45) is 0. The lowest BCUT2D eigenvalue weighted by Gasteiger charge is -2.04. The van der Waals surface area contributed by atoms with Gasteiger partial charge in [-0.2, -0.15) is 4.98 Å². The molecular formula is C14H13N3OS2. The fraction of sp³-hybridized carbons (Fsp3) is 0.143. The Morgan fingerprint density at radius 2 is 2.25 bits per heavy atom. The SMILES string of the molecule is Cc1ccc(N)cc1SCc1noc(-c2cccs2)n1. The van der Waals surface area contributed by atoms with Crippen LogP contribution < -0.4 is 5.73 Å². The van der Waals surface area contributed by atoms with Crippen LogP contribution in [0.5, 0.6) is 0 Å². The van der Waals surface area contributed by atoms with E-state index in [2.05, 4.69) is 17.1 Å². The van der Waals surface area contributed by atoms with Gasteiger partial charge in [0, 0.05) is 10.6 Å². The molecule has 0 unspecified atom stereocenters. The van der Waals surface area contributed by atoms with E-state index in [1.54, 1.807) is 23.1 Å². The number of aryl methyl sites for hydroxylation is 1. The Kier molecular flexibility index (Phi) is 3.75. The van der Waals surface area contributed by atoms with Crippen molar-refractivity contribution >= 4 is 28.8 Å². The van der Waals surface area contributed by atoms with Gasteiger partial charge < -0.3 is 10.3 Å². The van der Waals surface area contributed by atoms with Crippen LogP contribution in [0.2, 0.25) is 0 Å². The van der Waals surface area contributed by atoms with Gasteiger partial charge in [-0.1, -0.05) is 17.3 Å². The summed E-state index contributed by atoms with van der Waals surface area (Å²) in [6.45, 7) is 2.06. The quantitative estimate of drug-likeness (QED) is 0.583. The summed E-state index contributed by atoms with van der Waals surface area (Å²) < 4.78 is 5.26. The Hall–Kier alpha value is -1.79. The van der Waals surface area contributed by atoms with Crippen molar-refractivity contribution in [2.45, 2.75) is 17.6 Å². The molecule has 0 fully saturated rings. The minimum atomic E-state index is 0.583. The number of nitrogens with two attached hydrogens (primary N) is 1. The minimum Gasteiger partial charge on any atom is -0.399 e. The molecule has 0 saturated carbocycles. The highest BCUT2D eigenvalue weighted by atomic mass is 32.2. The lowest BCUT2D eigenvalue weighted by molar-refractivity contribution is 0.426. The van der Waals surface area contributed by atoms with Crippen LogP contribution in [-0.2, 0) is 5.75 Å². The molecule has 2 N–H and O–H groups in total. The van der Waals surface area contributed by atoms with E-state index in [0.717, 1.165) is 15.5 Å². The molecule has 0 spiro atoms. The predicted molar refractivity (Wildman–Crippen MR) is 82.8 cm³/mol. The molecule has 0 aliphatic carbocycles. The molecule has 3 aromatic rings. The van der Waals surface area contributed by atoms with Gasteiger partial charge in [0.2, 0.25) is 0 Å². The lowest BCUT2D eigenvalue weighted by atomic mass is 10.2. The molecule has 0 aliphatic rings. The number of anilines is 1. The van der Waals surface area contributed by atoms with Crippen LogP contribution in [0.1, 0.15) is 11.4 Å². The van der Waals surface area contributed by atoms with Gasteiger partial charge in [0.15, 0.2) is 5.82 Å². The summed E-state index contributed by atoms with van der Waals surface area (Å²) in [5.41, 5.74) is 7.77. The van der Waals surface area contributed by atoms with Crippen molar-refractivity contribution in [2.24, 2.45) is 0 Å². The number of hydrogen-bond acceptors (Lipinski definition) is 6. The summed E-state index contributed by atoms with van der Waals surface area (Å²) >= 11 is 3.25. The standard InChI is InChI=1S/C14H13N3OS2/c1-9-4-5-10(15)7-12(9)20-8-13-16-14(18-17-13)11-3-2-6-19-11/h2-7H,8,15H2,1H3. The molecule has 0 saturated heterocycles. The number of benzene rings is 1. The zero-order chi connectivity index (χ0) is 13.9. The highest BCUT2D eigenvalue weighted by Gasteiger charge is 2.10. The summed E-state index contributed by atoms with van der Waals surface area (Å²) in [5.74, 6) is 1.94. The third kappa shape index (κ3) is 2.86. The number of rotatable bonds is 4. The molecule has 0 radical (unpaired) electrons. The molecule has 6 heteroatoms. The zero-order valence-corrected chi connectivity index (χ0v) is 12.5. The second-order valence-electron chi connectivity index (χ2n) is 4.31. The van der Waals surface area contributed by atoms with E-state index in [1.807, 2.05) is 35.7 Å². The first-order valence-corrected chi connectivity index (χ1v) is 7.94. The normalized spacial score (nSPS) is 10.8. The van der Waals surface area contributed by atoms with Gasteiger partial charge in [-0.25, -0.2) is 0 Å². The van der Waals surface area contributed by atoms with Gasteiger partial charge in [0.1, 0.15) is 0 Å². The van der Waals surface area contributed by atoms with E-state index in [-0.39, 0.29) is 0 Å². The van der Waals surface area contributed by atoms with Crippen molar-refractivity contribution in [3.8, 4) is 10.8 Å². The van der Waals surface area contributed by atoms with Crippen LogP contribution in [0.15, 0.2) is 45.1 Å². The van der Waals surface area contributed by atoms with E-state index in [9.17, 15) is 0 Å². The third-order valence-corrected chi connectivity index (χ3v) is 4.78. The molecule has 1 aromatic carbocycles. The van der Waals surface area contributed by atoms with Crippen molar-refractivity contribution in [3.63, 3.8) is 0 Å². The molecule has 4 nitrogen and oxygen atoms in total. The fourth-order valence-electron chi connectivity index (χ4n) is 1.73. The van der Waals surface area contributed by atoms with Gasteiger partial charge in [-0.15, -0.1) is 23.1 Å². The molecule has 0 amide bonds. The topological polar surface area (TPSA) is 64.9 Å². The Morgan fingerprint density at radius 3 is 3.05 bits per heavy atom. The van der Waals surface area contributed by atoms with Gasteiger partial charge >= 0.3 is 0 Å². The number of thioether (sulfide) groups is 1. The smallest absolute Gasteiger partial charge is 0.268 e. The fourth-order valence-corrected chi connectivity index (χ4v) is 3.29. The van der Waals surface area contributed by atoms with E-state index in [0.29, 0.717) is 17.5 Å². The molecule has 3 rings (SSSR count). The second-order valence-corrected chi connectivity index (χ2v) is 6.27. The molecular weight excluding hydrogens is 290 g/mol. The molecule has 102 valence electrons. The maximum Gasteiger partial charge on any atom is 0.268 e. The van der Waals surface area contributed by atoms with Gasteiger partial charge in [-0.05, 0) is 36.1 Å². The Balaban J connectivity index is 1.71. The first kappa shape index (κ1) is 13.2. The van der Waals surface area contributed by atoms with Crippen LogP contribution in [-0.4, -0.2) is 10.1 Å². The maximum atomic E-state index is 5.80. The van der Waals surface area contributed by atoms with Crippen LogP contribution in [0.4, 0.5) is 5.69 Å². The highest BCUT2D eigenvalue weighted by Crippen LogP contribution is 2.28. The van der Waals surface area contributed by atoms with Gasteiger partial charge in [0.25, 0.3) is 5.89 Å². The predicted octanol–water partition coefficient (Wildman–Crippen LogP) is 3.98. The first-order valence-electron chi connectivity index (χ1n) is 6.08. The molecule has 0 atom stereocenters. The van der Waals surface area contributed by atoms with Crippen LogP contribution >= 0.6 is 23.1 Å². The molecule has 20 heavy (non-hydrogen) atoms. The Morgan fingerprint density at radius 1 is 1.35 bits per heavy atom. The number of nitrogen functional groups attached to an aromatic ring is 1. The monoisotopic (exact) mass is 303 g/mol. The number of nitrogens with zero attached hydrogens (tertiary/aromatic N) is 2. The largest absolute Gasteiger partial charge is 0.399 e. The summed E-state index contributed by atoms with van der Waals surface area (Å²) in [6, 6.07) is 9.83. The Bertz CT molecular complexity index is 707. The molecule has 0 aliphatic heterocycles. The molecule has 2 aromatic heterocycles. The van der Waals surface area contributed by atoms with Gasteiger partial charge in [-0.3, -0.25) is 0 Å². The number of aromatic nitrogens is 2. The maximum absolute atomic E-state index is 5.80. The van der Waals surface area contributed by atoms with Crippen LogP contribution in [0.25, 0.3) is 10.8 Å². The molecule has 0 bridgehead atoms. The van der Waals surface area contributed by atoms with E-state index in [4.69, 9.17) is 10.3 Å². The second kappa shape index (κ2) is 5.68. The van der Waals surface area contributed by atoms with E-state index < -0.39 is 0 Å². The highest BCUT2D eigenvalue weighted by molar-refractivity contribution is 7.98. The Labute approximate surface area is 125 Å². The number of thiophene rings is 1. The average Bonchev–Trinajstić information content (AvgIpc) is 3.09. The van der Waals surface area contributed by atoms with Crippen LogP contribution in [0, 0.1) is 6.92 Å². The zero-order valence-electron chi connectivity index (χ0n) is 10.9. The van der Waals surface area contributed by atoms with Crippen molar-refractivity contribution < 1.29 is 4.52 Å². The summed E-state index contributed by atoms with van der Waals surface area (Å²) in [7, 11) is 0. The summed E-state index contributed by atoms with van der Waals surface area (Å²) in [5, 5.41) is 6.00. The third-order valence-electron chi connectivity index (χ3n) is 2.77. The number of hydrogen-bond donors (Lipinski definition) is 1. The van der Waals surface area contributed by atoms with Crippen molar-refractivity contribution in [1.29, 1.82) is 0 Å². The average molecular weight is 303 g/mol. The van der Waals surface area contributed by atoms with Gasteiger partial charge in [0.05, 0.1) is 10.6 Å². The van der Waals surface area contributed by atoms with Crippen LogP contribution in [0.3, 0.4) is 0 Å². The van der Waals surface area contributed by atoms with Crippen molar-refractivity contribution in [3.05, 3.63) is 47.1 Å². The summed E-state index contributed by atoms with van der Waals surface area (Å²) in [4.78, 5) is 6.54.